The van der Waals surface area contributed by atoms with E-state index in [9.17, 15) is 14.4 Å². The molecule has 0 fully saturated rings. The molecule has 2 aromatic rings. The van der Waals surface area contributed by atoms with E-state index in [4.69, 9.17) is 9.84 Å². The maximum atomic E-state index is 11.4. The van der Waals surface area contributed by atoms with Crippen molar-refractivity contribution in [1.29, 1.82) is 0 Å². The Morgan fingerprint density at radius 2 is 1.89 bits per heavy atom. The molecule has 0 bridgehead atoms. The first-order chi connectivity index (χ1) is 8.54. The molecular formula is C10H9N3O5. The Balaban J connectivity index is 2.76. The van der Waals surface area contributed by atoms with Crippen molar-refractivity contribution in [3.63, 3.8) is 0 Å². The average molecular weight is 251 g/mol. The lowest BCUT2D eigenvalue weighted by Crippen LogP contribution is -2.26. The number of hydrogen-bond acceptors (Lipinski definition) is 4. The normalized spacial score (nSPS) is 10.3. The Bertz CT molecular complexity index is 681. The molecule has 0 saturated carbocycles. The predicted octanol–water partition coefficient (Wildman–Crippen LogP) is -0.439. The Labute approximate surface area is 99.4 Å². The molecule has 0 aliphatic rings. The average Bonchev–Trinajstić information content (AvgIpc) is 2.68. The number of nitrogens with one attached hydrogen (secondary N) is 2. The van der Waals surface area contributed by atoms with Crippen LogP contribution in [0.2, 0.25) is 0 Å². The summed E-state index contributed by atoms with van der Waals surface area (Å²) in [7, 11) is 1.38. The van der Waals surface area contributed by atoms with Crippen LogP contribution in [0.3, 0.4) is 0 Å². The van der Waals surface area contributed by atoms with Gasteiger partial charge in [-0.1, -0.05) is 0 Å². The van der Waals surface area contributed by atoms with Gasteiger partial charge in [0.1, 0.15) is 5.75 Å². The Kier molecular flexibility index (Phi) is 2.76. The Morgan fingerprint density at radius 1 is 1.28 bits per heavy atom. The minimum absolute atomic E-state index is 0.0317. The second-order valence-corrected chi connectivity index (χ2v) is 3.38. The first kappa shape index (κ1) is 11.7. The van der Waals surface area contributed by atoms with Crippen molar-refractivity contribution in [2.24, 2.45) is 0 Å². The number of aromatic amines is 2. The fraction of sp³-hybridized carbons (Fsp3) is 0.100. The van der Waals surface area contributed by atoms with Gasteiger partial charge < -0.3 is 9.84 Å². The van der Waals surface area contributed by atoms with E-state index in [2.05, 4.69) is 10.2 Å². The molecule has 1 heterocycles. The summed E-state index contributed by atoms with van der Waals surface area (Å²) in [6.07, 6.45) is 0. The Hall–Kier alpha value is -2.77. The van der Waals surface area contributed by atoms with Gasteiger partial charge in [0.05, 0.1) is 18.4 Å². The number of rotatable bonds is 3. The topological polar surface area (TPSA) is 117 Å². The van der Waals surface area contributed by atoms with Crippen molar-refractivity contribution < 1.29 is 14.6 Å². The van der Waals surface area contributed by atoms with Crippen molar-refractivity contribution in [2.45, 2.75) is 0 Å². The molecule has 0 radical (unpaired) electrons. The van der Waals surface area contributed by atoms with Crippen LogP contribution in [0.4, 0.5) is 0 Å². The summed E-state index contributed by atoms with van der Waals surface area (Å²) in [5.41, 5.74) is -1.72. The summed E-state index contributed by atoms with van der Waals surface area (Å²) in [5.74, 6) is -0.951. The highest BCUT2D eigenvalue weighted by Crippen LogP contribution is 2.19. The van der Waals surface area contributed by atoms with Gasteiger partial charge in [-0.05, 0) is 18.2 Å². The number of aromatic carboxylic acids is 1. The molecule has 0 atom stereocenters. The lowest BCUT2D eigenvalue weighted by molar-refractivity contribution is 0.0696. The largest absolute Gasteiger partial charge is 0.497 e. The monoisotopic (exact) mass is 251 g/mol. The van der Waals surface area contributed by atoms with Gasteiger partial charge >= 0.3 is 17.3 Å². The van der Waals surface area contributed by atoms with Gasteiger partial charge in [-0.3, -0.25) is 0 Å². The molecule has 0 amide bonds. The van der Waals surface area contributed by atoms with Gasteiger partial charge in [-0.2, -0.15) is 0 Å². The zero-order valence-corrected chi connectivity index (χ0v) is 9.26. The number of carboxylic acids is 1. The zero-order valence-electron chi connectivity index (χ0n) is 9.26. The predicted molar refractivity (Wildman–Crippen MR) is 60.5 cm³/mol. The van der Waals surface area contributed by atoms with Crippen molar-refractivity contribution in [3.8, 4) is 11.4 Å². The molecule has 8 nitrogen and oxygen atoms in total. The molecular weight excluding hydrogens is 242 g/mol. The van der Waals surface area contributed by atoms with E-state index in [0.717, 1.165) is 0 Å². The van der Waals surface area contributed by atoms with Crippen LogP contribution in [0.15, 0.2) is 27.8 Å². The fourth-order valence-electron chi connectivity index (χ4n) is 1.54. The maximum Gasteiger partial charge on any atom is 0.349 e. The van der Waals surface area contributed by atoms with E-state index in [1.807, 2.05) is 0 Å². The van der Waals surface area contributed by atoms with Crippen molar-refractivity contribution >= 4 is 5.97 Å². The van der Waals surface area contributed by atoms with E-state index in [0.29, 0.717) is 10.3 Å². The highest BCUT2D eigenvalue weighted by Gasteiger charge is 2.16. The number of benzene rings is 1. The highest BCUT2D eigenvalue weighted by molar-refractivity contribution is 5.92. The van der Waals surface area contributed by atoms with Gasteiger partial charge in [-0.15, -0.1) is 0 Å². The standard InChI is InChI=1S/C10H9N3O5/c1-18-5-2-3-7(6(4-5)8(14)15)13-9(16)11-12-10(13)17/h2-4H,1H3,(H,11,16)(H,12,17)(H,14,15). The van der Waals surface area contributed by atoms with Crippen LogP contribution in [0.5, 0.6) is 5.75 Å². The highest BCUT2D eigenvalue weighted by atomic mass is 16.5. The third-order valence-corrected chi connectivity index (χ3v) is 2.36. The SMILES string of the molecule is COc1ccc(-n2c(=O)[nH][nH]c2=O)c(C(=O)O)c1. The first-order valence-electron chi connectivity index (χ1n) is 4.86. The lowest BCUT2D eigenvalue weighted by Gasteiger charge is -2.07. The summed E-state index contributed by atoms with van der Waals surface area (Å²) in [5, 5.41) is 13.2. The van der Waals surface area contributed by atoms with Gasteiger partial charge in [0, 0.05) is 0 Å². The number of H-pyrrole nitrogens is 2. The number of carbonyl (C=O) groups is 1. The molecule has 18 heavy (non-hydrogen) atoms. The maximum absolute atomic E-state index is 11.4. The molecule has 1 aromatic carbocycles. The van der Waals surface area contributed by atoms with Crippen LogP contribution >= 0.6 is 0 Å². The van der Waals surface area contributed by atoms with E-state index < -0.39 is 17.3 Å². The van der Waals surface area contributed by atoms with Crippen molar-refractivity contribution in [3.05, 3.63) is 44.7 Å². The molecule has 1 aromatic heterocycles. The van der Waals surface area contributed by atoms with E-state index in [-0.39, 0.29) is 11.3 Å². The van der Waals surface area contributed by atoms with E-state index in [1.165, 1.54) is 25.3 Å². The Morgan fingerprint density at radius 3 is 2.39 bits per heavy atom. The van der Waals surface area contributed by atoms with Crippen LogP contribution < -0.4 is 16.1 Å². The lowest BCUT2D eigenvalue weighted by atomic mass is 10.1. The van der Waals surface area contributed by atoms with Crippen LogP contribution in [-0.4, -0.2) is 33.0 Å². The molecule has 0 unspecified atom stereocenters. The first-order valence-corrected chi connectivity index (χ1v) is 4.86. The fourth-order valence-corrected chi connectivity index (χ4v) is 1.54. The molecule has 8 heteroatoms. The van der Waals surface area contributed by atoms with Crippen LogP contribution in [0.1, 0.15) is 10.4 Å². The van der Waals surface area contributed by atoms with Gasteiger partial charge in [-0.25, -0.2) is 29.1 Å². The molecule has 3 N–H and O–H groups in total. The number of methoxy groups -OCH3 is 1. The smallest absolute Gasteiger partial charge is 0.349 e. The minimum Gasteiger partial charge on any atom is -0.497 e. The molecule has 0 saturated heterocycles. The second-order valence-electron chi connectivity index (χ2n) is 3.38. The van der Waals surface area contributed by atoms with Crippen LogP contribution in [0.25, 0.3) is 5.69 Å². The molecule has 0 aliphatic heterocycles. The van der Waals surface area contributed by atoms with Gasteiger partial charge in [0.2, 0.25) is 0 Å². The minimum atomic E-state index is -1.27. The van der Waals surface area contributed by atoms with Crippen molar-refractivity contribution in [2.75, 3.05) is 7.11 Å². The van der Waals surface area contributed by atoms with Gasteiger partial charge in [0.15, 0.2) is 0 Å². The van der Waals surface area contributed by atoms with Crippen LogP contribution in [-0.2, 0) is 0 Å². The zero-order chi connectivity index (χ0) is 13.3. The number of nitrogens with zero attached hydrogens (tertiary/aromatic N) is 1. The molecule has 94 valence electrons. The van der Waals surface area contributed by atoms with Crippen LogP contribution in [0, 0.1) is 0 Å². The number of carboxylic acid groups (broad SMARTS) is 1. The summed E-state index contributed by atoms with van der Waals surface area (Å²) < 4.78 is 5.59. The van der Waals surface area contributed by atoms with Crippen molar-refractivity contribution in [1.82, 2.24) is 14.8 Å². The molecule has 2 rings (SSSR count). The molecule has 0 aliphatic carbocycles. The van der Waals surface area contributed by atoms with Gasteiger partial charge in [0.25, 0.3) is 0 Å². The number of ether oxygens (including phenoxy) is 1. The van der Waals surface area contributed by atoms with E-state index in [1.54, 1.807) is 0 Å². The quantitative estimate of drug-likeness (QED) is 0.683. The summed E-state index contributed by atoms with van der Waals surface area (Å²) in [6, 6.07) is 4.02. The number of hydrogen-bond donors (Lipinski definition) is 3. The summed E-state index contributed by atoms with van der Waals surface area (Å²) >= 11 is 0. The second kappa shape index (κ2) is 4.24. The third-order valence-electron chi connectivity index (χ3n) is 2.36. The molecule has 0 spiro atoms. The third kappa shape index (κ3) is 1.79. The number of aromatic nitrogens is 3. The van der Waals surface area contributed by atoms with E-state index >= 15 is 0 Å². The summed E-state index contributed by atoms with van der Waals surface area (Å²) in [6.45, 7) is 0. The summed E-state index contributed by atoms with van der Waals surface area (Å²) in [4.78, 5) is 34.0.